The number of para-hydroxylation sites is 5. The maximum Gasteiger partial charge on any atom is 0.0575 e. The van der Waals surface area contributed by atoms with E-state index in [-0.39, 0.29) is 0 Å². The third kappa shape index (κ3) is 6.36. The van der Waals surface area contributed by atoms with Gasteiger partial charge < -0.3 is 14.7 Å². The summed E-state index contributed by atoms with van der Waals surface area (Å²) in [4.78, 5) is 7.19. The van der Waals surface area contributed by atoms with E-state index in [9.17, 15) is 0 Å². The van der Waals surface area contributed by atoms with Gasteiger partial charge in [-0.3, -0.25) is 0 Å². The second-order valence-corrected chi connectivity index (χ2v) is 17.2. The standard InChI is InChI=1S/C55H39N3S2/c1-38-18-17-29-51-54(38)55-49(58(42-25-13-5-14-26-42)43-27-15-6-16-28-43)35-46(37-53(55)60-51)57(41-23-11-4-12-24-41)45-30-32-47-48-34-44(31-33-50(48)59-52(47)36-45)56(39-19-7-2-8-20-39)40-21-9-3-10-22-40/h2-37H,1H3. The van der Waals surface area contributed by atoms with E-state index < -0.39 is 0 Å². The predicted octanol–water partition coefficient (Wildman–Crippen LogP) is 17.1. The van der Waals surface area contributed by atoms with E-state index in [1.165, 1.54) is 45.9 Å². The highest BCUT2D eigenvalue weighted by molar-refractivity contribution is 7.26. The van der Waals surface area contributed by atoms with Crippen LogP contribution in [0.4, 0.5) is 51.2 Å². The zero-order valence-electron chi connectivity index (χ0n) is 32.9. The van der Waals surface area contributed by atoms with Gasteiger partial charge in [0, 0.05) is 85.8 Å². The molecule has 0 radical (unpaired) electrons. The number of fused-ring (bicyclic) bond motifs is 6. The van der Waals surface area contributed by atoms with Gasteiger partial charge >= 0.3 is 0 Å². The Kier molecular flexibility index (Phi) is 9.11. The maximum atomic E-state index is 2.43. The van der Waals surface area contributed by atoms with Gasteiger partial charge in [-0.25, -0.2) is 0 Å². The highest BCUT2D eigenvalue weighted by atomic mass is 32.1. The Hall–Kier alpha value is -7.18. The zero-order chi connectivity index (χ0) is 40.0. The topological polar surface area (TPSA) is 9.72 Å². The lowest BCUT2D eigenvalue weighted by atomic mass is 10.0. The van der Waals surface area contributed by atoms with Crippen LogP contribution >= 0.6 is 22.7 Å². The Morgan fingerprint density at radius 3 is 1.32 bits per heavy atom. The molecule has 0 amide bonds. The molecule has 60 heavy (non-hydrogen) atoms. The second kappa shape index (κ2) is 15.2. The molecule has 0 atom stereocenters. The summed E-state index contributed by atoms with van der Waals surface area (Å²) in [6.45, 7) is 2.24. The molecule has 5 heteroatoms. The van der Waals surface area contributed by atoms with Crippen LogP contribution in [0.1, 0.15) is 5.56 Å². The lowest BCUT2D eigenvalue weighted by molar-refractivity contribution is 1.27. The molecule has 3 nitrogen and oxygen atoms in total. The predicted molar refractivity (Wildman–Crippen MR) is 261 cm³/mol. The van der Waals surface area contributed by atoms with E-state index >= 15 is 0 Å². The Balaban J connectivity index is 1.11. The number of thiophene rings is 2. The average molecular weight is 806 g/mol. The molecule has 0 unspecified atom stereocenters. The van der Waals surface area contributed by atoms with Crippen LogP contribution in [0.5, 0.6) is 0 Å². The van der Waals surface area contributed by atoms with Gasteiger partial charge in [0.1, 0.15) is 0 Å². The molecule has 11 aromatic rings. The molecule has 0 bridgehead atoms. The summed E-state index contributed by atoms with van der Waals surface area (Å²) in [5, 5.41) is 5.10. The number of hydrogen-bond donors (Lipinski definition) is 0. The minimum atomic E-state index is 1.11. The summed E-state index contributed by atoms with van der Waals surface area (Å²) < 4.78 is 5.06. The highest BCUT2D eigenvalue weighted by Gasteiger charge is 2.24. The van der Waals surface area contributed by atoms with Gasteiger partial charge in [0.2, 0.25) is 0 Å². The summed E-state index contributed by atoms with van der Waals surface area (Å²) >= 11 is 3.72. The second-order valence-electron chi connectivity index (χ2n) is 15.0. The Bertz CT molecular complexity index is 3190. The highest BCUT2D eigenvalue weighted by Crippen LogP contribution is 2.50. The van der Waals surface area contributed by atoms with Crippen molar-refractivity contribution in [1.29, 1.82) is 0 Å². The molecule has 0 spiro atoms. The van der Waals surface area contributed by atoms with E-state index in [2.05, 4.69) is 240 Å². The quantitative estimate of drug-likeness (QED) is 0.144. The number of rotatable bonds is 9. The van der Waals surface area contributed by atoms with Crippen molar-refractivity contribution < 1.29 is 0 Å². The molecule has 0 fully saturated rings. The molecule has 2 aromatic heterocycles. The van der Waals surface area contributed by atoms with Crippen LogP contribution in [0.3, 0.4) is 0 Å². The molecule has 0 aliphatic carbocycles. The summed E-state index contributed by atoms with van der Waals surface area (Å²) in [5.41, 5.74) is 11.4. The first-order valence-electron chi connectivity index (χ1n) is 20.3. The van der Waals surface area contributed by atoms with E-state index in [0.717, 1.165) is 51.2 Å². The first kappa shape index (κ1) is 35.9. The molecule has 0 saturated carbocycles. The average Bonchev–Trinajstić information content (AvgIpc) is 3.87. The smallest absolute Gasteiger partial charge is 0.0575 e. The van der Waals surface area contributed by atoms with Crippen molar-refractivity contribution in [2.24, 2.45) is 0 Å². The Morgan fingerprint density at radius 2 is 0.750 bits per heavy atom. The van der Waals surface area contributed by atoms with E-state index in [4.69, 9.17) is 0 Å². The van der Waals surface area contributed by atoms with Crippen LogP contribution < -0.4 is 14.7 Å². The normalized spacial score (nSPS) is 11.4. The van der Waals surface area contributed by atoms with Crippen molar-refractivity contribution in [1.82, 2.24) is 0 Å². The minimum Gasteiger partial charge on any atom is -0.310 e. The molecule has 9 aromatic carbocycles. The van der Waals surface area contributed by atoms with Crippen LogP contribution in [0.15, 0.2) is 218 Å². The lowest BCUT2D eigenvalue weighted by Gasteiger charge is -2.30. The van der Waals surface area contributed by atoms with Gasteiger partial charge in [-0.1, -0.05) is 109 Å². The van der Waals surface area contributed by atoms with Crippen molar-refractivity contribution in [3.63, 3.8) is 0 Å². The number of aryl methyl sites for hydroxylation is 1. The number of anilines is 9. The SMILES string of the molecule is Cc1cccc2sc3cc(N(c4ccccc4)c4ccc5c(c4)sc4ccc(N(c6ccccc6)c6ccccc6)cc45)cc(N(c4ccccc4)c4ccccc4)c3c12. The first-order chi connectivity index (χ1) is 29.7. The van der Waals surface area contributed by atoms with Crippen molar-refractivity contribution in [2.45, 2.75) is 6.92 Å². The van der Waals surface area contributed by atoms with Crippen molar-refractivity contribution in [3.8, 4) is 0 Å². The largest absolute Gasteiger partial charge is 0.310 e. The molecule has 0 saturated heterocycles. The van der Waals surface area contributed by atoms with Gasteiger partial charge in [0.15, 0.2) is 0 Å². The van der Waals surface area contributed by atoms with Crippen LogP contribution in [0.2, 0.25) is 0 Å². The number of nitrogens with zero attached hydrogens (tertiary/aromatic N) is 3. The van der Waals surface area contributed by atoms with Crippen LogP contribution in [-0.4, -0.2) is 0 Å². The molecule has 286 valence electrons. The van der Waals surface area contributed by atoms with E-state index in [0.29, 0.717) is 0 Å². The number of benzene rings is 9. The molecule has 2 heterocycles. The third-order valence-corrected chi connectivity index (χ3v) is 13.5. The summed E-state index contributed by atoms with van der Waals surface area (Å²) in [5.74, 6) is 0. The van der Waals surface area contributed by atoms with Gasteiger partial charge in [0.25, 0.3) is 0 Å². The fourth-order valence-corrected chi connectivity index (χ4v) is 11.0. The Morgan fingerprint density at radius 1 is 0.283 bits per heavy atom. The van der Waals surface area contributed by atoms with E-state index in [1.54, 1.807) is 0 Å². The monoisotopic (exact) mass is 805 g/mol. The maximum absolute atomic E-state index is 2.43. The molecule has 11 rings (SSSR count). The molecular formula is C55H39N3S2. The van der Waals surface area contributed by atoms with Crippen molar-refractivity contribution in [3.05, 3.63) is 224 Å². The first-order valence-corrected chi connectivity index (χ1v) is 21.9. The fourth-order valence-electron chi connectivity index (χ4n) is 8.63. The minimum absolute atomic E-state index is 1.11. The lowest BCUT2D eigenvalue weighted by Crippen LogP contribution is -2.13. The molecule has 0 aliphatic heterocycles. The third-order valence-electron chi connectivity index (χ3n) is 11.3. The summed E-state index contributed by atoms with van der Waals surface area (Å²) in [7, 11) is 0. The summed E-state index contributed by atoms with van der Waals surface area (Å²) in [6, 6.07) is 79.0. The van der Waals surface area contributed by atoms with Gasteiger partial charge in [-0.05, 0) is 122 Å². The zero-order valence-corrected chi connectivity index (χ0v) is 34.6. The van der Waals surface area contributed by atoms with Crippen LogP contribution in [0.25, 0.3) is 40.3 Å². The molecular weight excluding hydrogens is 767 g/mol. The molecule has 0 aliphatic rings. The van der Waals surface area contributed by atoms with Gasteiger partial charge in [0.05, 0.1) is 5.69 Å². The van der Waals surface area contributed by atoms with Gasteiger partial charge in [-0.2, -0.15) is 0 Å². The van der Waals surface area contributed by atoms with Crippen molar-refractivity contribution >= 4 is 114 Å². The van der Waals surface area contributed by atoms with Gasteiger partial charge in [-0.15, -0.1) is 22.7 Å². The van der Waals surface area contributed by atoms with Crippen LogP contribution in [0, 0.1) is 6.92 Å². The Labute approximate surface area is 357 Å². The summed E-state index contributed by atoms with van der Waals surface area (Å²) in [6.07, 6.45) is 0. The van der Waals surface area contributed by atoms with Crippen LogP contribution in [-0.2, 0) is 0 Å². The fraction of sp³-hybridized carbons (Fsp3) is 0.0182. The van der Waals surface area contributed by atoms with Crippen molar-refractivity contribution in [2.75, 3.05) is 14.7 Å². The number of hydrogen-bond acceptors (Lipinski definition) is 5. The molecule has 0 N–H and O–H groups in total. The van der Waals surface area contributed by atoms with E-state index in [1.807, 2.05) is 22.7 Å².